The van der Waals surface area contributed by atoms with Crippen LogP contribution in [0.4, 0.5) is 5.69 Å². The van der Waals surface area contributed by atoms with Crippen LogP contribution in [0.3, 0.4) is 0 Å². The van der Waals surface area contributed by atoms with Crippen molar-refractivity contribution in [1.82, 2.24) is 9.62 Å². The zero-order chi connectivity index (χ0) is 34.5. The third kappa shape index (κ3) is 7.10. The van der Waals surface area contributed by atoms with Gasteiger partial charge in [0.25, 0.3) is 5.91 Å². The van der Waals surface area contributed by atoms with Gasteiger partial charge in [-0.15, -0.1) is 0 Å². The molecule has 1 saturated heterocycles. The van der Waals surface area contributed by atoms with Crippen LogP contribution in [0.5, 0.6) is 5.75 Å². The lowest BCUT2D eigenvalue weighted by molar-refractivity contribution is -0.134. The number of halogens is 1. The molecule has 5 aliphatic rings. The summed E-state index contributed by atoms with van der Waals surface area (Å²) in [6.07, 6.45) is 7.55. The fraction of sp³-hybridized carbons (Fsp3) is 0.658. The van der Waals surface area contributed by atoms with Crippen LogP contribution < -0.4 is 14.4 Å². The van der Waals surface area contributed by atoms with Gasteiger partial charge >= 0.3 is 0 Å². The van der Waals surface area contributed by atoms with Gasteiger partial charge in [-0.25, -0.2) is 13.1 Å². The summed E-state index contributed by atoms with van der Waals surface area (Å²) in [5, 5.41) is 0.0311. The van der Waals surface area contributed by atoms with Crippen molar-refractivity contribution in [3.63, 3.8) is 0 Å². The van der Waals surface area contributed by atoms with Crippen LogP contribution in [0, 0.1) is 23.7 Å². The monoisotopic (exact) mass is 713 g/mol. The van der Waals surface area contributed by atoms with Gasteiger partial charge in [-0.05, 0) is 125 Å². The zero-order valence-corrected chi connectivity index (χ0v) is 30.9. The molecule has 2 bridgehead atoms. The molecule has 9 nitrogen and oxygen atoms in total. The van der Waals surface area contributed by atoms with Gasteiger partial charge in [0, 0.05) is 41.6 Å². The molecule has 0 radical (unpaired) electrons. The van der Waals surface area contributed by atoms with Gasteiger partial charge in [0.1, 0.15) is 5.75 Å². The first-order valence-corrected chi connectivity index (χ1v) is 20.1. The number of sulfonamides is 1. The maximum atomic E-state index is 13.6. The van der Waals surface area contributed by atoms with Crippen molar-refractivity contribution < 1.29 is 27.4 Å². The quantitative estimate of drug-likeness (QED) is 0.412. The minimum atomic E-state index is -3.90. The molecule has 2 aliphatic carbocycles. The second-order valence-corrected chi connectivity index (χ2v) is 18.2. The van der Waals surface area contributed by atoms with Gasteiger partial charge in [0.2, 0.25) is 10.0 Å². The summed E-state index contributed by atoms with van der Waals surface area (Å²) in [6, 6.07) is 11.6. The van der Waals surface area contributed by atoms with Crippen LogP contribution >= 0.6 is 11.6 Å². The van der Waals surface area contributed by atoms with Crippen LogP contribution in [0.25, 0.3) is 0 Å². The average Bonchev–Trinajstić information content (AvgIpc) is 3.44. The summed E-state index contributed by atoms with van der Waals surface area (Å²) in [5.41, 5.74) is 3.49. The first-order valence-electron chi connectivity index (χ1n) is 18.2. The molecule has 268 valence electrons. The first-order chi connectivity index (χ1) is 23.4. The van der Waals surface area contributed by atoms with Crippen LogP contribution in [-0.2, 0) is 31.3 Å². The molecule has 2 aromatic carbocycles. The highest BCUT2D eigenvalue weighted by Crippen LogP contribution is 2.49. The van der Waals surface area contributed by atoms with Crippen LogP contribution in [0.1, 0.15) is 80.3 Å². The zero-order valence-electron chi connectivity index (χ0n) is 29.3. The number of aryl methyl sites for hydroxylation is 1. The molecule has 1 N–H and O–H groups in total. The maximum Gasteiger partial charge on any atom is 0.264 e. The number of fused-ring (bicyclic) bond motifs is 4. The first kappa shape index (κ1) is 35.1. The van der Waals surface area contributed by atoms with Gasteiger partial charge in [0.05, 0.1) is 30.3 Å². The van der Waals surface area contributed by atoms with Crippen LogP contribution in [-0.4, -0.2) is 83.8 Å². The van der Waals surface area contributed by atoms with E-state index in [1.807, 2.05) is 25.1 Å². The Kier molecular flexibility index (Phi) is 10.0. The number of anilines is 1. The fourth-order valence-electron chi connectivity index (χ4n) is 9.17. The number of hydrogen-bond acceptors (Lipinski definition) is 8. The molecule has 49 heavy (non-hydrogen) atoms. The van der Waals surface area contributed by atoms with E-state index < -0.39 is 21.2 Å². The lowest BCUT2D eigenvalue weighted by Crippen LogP contribution is -2.50. The molecule has 2 fully saturated rings. The fourth-order valence-corrected chi connectivity index (χ4v) is 10.7. The topological polar surface area (TPSA) is 97.4 Å². The number of ether oxygens (including phenoxy) is 3. The lowest BCUT2D eigenvalue weighted by Gasteiger charge is -2.47. The Bertz CT molecular complexity index is 1650. The summed E-state index contributed by atoms with van der Waals surface area (Å²) in [5.74, 6) is 1.06. The van der Waals surface area contributed by atoms with Crippen molar-refractivity contribution in [3.8, 4) is 5.75 Å². The van der Waals surface area contributed by atoms with Gasteiger partial charge in [-0.2, -0.15) is 0 Å². The van der Waals surface area contributed by atoms with E-state index in [-0.39, 0.29) is 29.6 Å². The molecule has 1 amide bonds. The van der Waals surface area contributed by atoms with Crippen LogP contribution in [0.2, 0.25) is 5.02 Å². The minimum absolute atomic E-state index is 0.0411. The molecule has 0 unspecified atom stereocenters. The maximum absolute atomic E-state index is 13.6. The largest absolute Gasteiger partial charge is 0.490 e. The summed E-state index contributed by atoms with van der Waals surface area (Å²) in [7, 11) is 0.217. The Hall–Kier alpha value is -2.37. The summed E-state index contributed by atoms with van der Waals surface area (Å²) in [6.45, 7) is 7.16. The molecule has 0 aromatic heterocycles. The second kappa shape index (κ2) is 14.0. The molecule has 3 aliphatic heterocycles. The highest BCUT2D eigenvalue weighted by atomic mass is 35.5. The van der Waals surface area contributed by atoms with Crippen LogP contribution in [0.15, 0.2) is 36.4 Å². The van der Waals surface area contributed by atoms with E-state index >= 15 is 0 Å². The van der Waals surface area contributed by atoms with Crippen molar-refractivity contribution in [3.05, 3.63) is 58.1 Å². The Morgan fingerprint density at radius 1 is 1.04 bits per heavy atom. The molecule has 7 rings (SSSR count). The second-order valence-electron chi connectivity index (χ2n) is 15.8. The Balaban J connectivity index is 1.27. The number of benzene rings is 2. The Morgan fingerprint density at radius 3 is 2.65 bits per heavy atom. The van der Waals surface area contributed by atoms with E-state index in [0.717, 1.165) is 87.5 Å². The van der Waals surface area contributed by atoms with Crippen molar-refractivity contribution in [2.24, 2.45) is 23.7 Å². The number of likely N-dealkylation sites (N-methyl/N-ethyl adjacent to an activating group) is 1. The predicted molar refractivity (Wildman–Crippen MR) is 192 cm³/mol. The number of carbonyl (C=O) groups is 1. The van der Waals surface area contributed by atoms with Gasteiger partial charge < -0.3 is 24.0 Å². The van der Waals surface area contributed by atoms with Crippen molar-refractivity contribution in [2.45, 2.75) is 88.3 Å². The molecular weight excluding hydrogens is 662 g/mol. The van der Waals surface area contributed by atoms with Crippen molar-refractivity contribution in [1.29, 1.82) is 0 Å². The van der Waals surface area contributed by atoms with E-state index in [0.29, 0.717) is 30.6 Å². The highest BCUT2D eigenvalue weighted by Gasteiger charge is 2.47. The Labute approximate surface area is 297 Å². The number of amides is 1. The van der Waals surface area contributed by atoms with E-state index in [1.54, 1.807) is 13.0 Å². The smallest absolute Gasteiger partial charge is 0.264 e. The average molecular weight is 714 g/mol. The third-order valence-electron chi connectivity index (χ3n) is 12.2. The summed E-state index contributed by atoms with van der Waals surface area (Å²) in [4.78, 5) is 18.1. The number of nitrogens with zero attached hydrogens (tertiary/aromatic N) is 2. The standard InChI is InChI=1S/C38H52ClN3O6S/c1-24-7-5-9-32(37-46-21-30(48-37)20-41(3)4)31-13-10-28(31)19-42-22-38(16-6-8-26-17-29(39)12-14-33(26)38)23-47-35-15-11-27(18-34(35)42)36(43)40-49(44,45)25(24)2/h11-12,14-15,17-18,24-25,28,30-32,37H,5-10,13,16,19-23H2,1-4H3,(H,40,43)/t24-,25+,28-,30+,31+,32-,37+,38-/m0/s1. The van der Waals surface area contributed by atoms with E-state index in [1.165, 1.54) is 11.1 Å². The molecule has 1 saturated carbocycles. The predicted octanol–water partition coefficient (Wildman–Crippen LogP) is 6.03. The van der Waals surface area contributed by atoms with Crippen molar-refractivity contribution in [2.75, 3.05) is 51.8 Å². The molecular formula is C38H52ClN3O6S. The molecule has 11 heteroatoms. The Morgan fingerprint density at radius 2 is 1.88 bits per heavy atom. The van der Waals surface area contributed by atoms with E-state index in [9.17, 15) is 13.2 Å². The third-order valence-corrected chi connectivity index (χ3v) is 14.3. The van der Waals surface area contributed by atoms with Gasteiger partial charge in [-0.3, -0.25) is 4.79 Å². The van der Waals surface area contributed by atoms with E-state index in [4.69, 9.17) is 25.8 Å². The molecule has 2 aromatic rings. The van der Waals surface area contributed by atoms with Crippen molar-refractivity contribution >= 4 is 33.2 Å². The number of hydrogen-bond donors (Lipinski definition) is 1. The minimum Gasteiger partial charge on any atom is -0.490 e. The SMILES string of the molecule is C[C@@H]1[C@@H](C)CCC[C@H]([C@@H]2OC[C@@H](CN(C)C)O2)[C@@H]2CC[C@H]2CN2C[C@@]3(CCCc4cc(Cl)ccc43)COc3ccc(cc32)C(=O)NS1(=O)=O. The molecule has 1 spiro atoms. The van der Waals surface area contributed by atoms with E-state index in [2.05, 4.69) is 40.7 Å². The summed E-state index contributed by atoms with van der Waals surface area (Å²) < 4.78 is 49.0. The van der Waals surface area contributed by atoms with Gasteiger partial charge in [0.15, 0.2) is 6.29 Å². The number of carbonyl (C=O) groups excluding carboxylic acids is 1. The molecule has 8 atom stereocenters. The van der Waals surface area contributed by atoms with Gasteiger partial charge in [-0.1, -0.05) is 31.0 Å². The normalized spacial score (nSPS) is 34.7. The number of rotatable bonds is 3. The number of nitrogens with one attached hydrogen (secondary N) is 1. The summed E-state index contributed by atoms with van der Waals surface area (Å²) >= 11 is 6.47. The lowest BCUT2D eigenvalue weighted by atomic mass is 9.64. The highest BCUT2D eigenvalue weighted by molar-refractivity contribution is 7.90. The molecule has 3 heterocycles.